The molecule has 0 aromatic heterocycles. The molecule has 0 radical (unpaired) electrons. The SMILES string of the molecule is CC(=O)O[C@H]1CCN2CC(Br)=CC[C@@H]12. The number of esters is 1. The highest BCUT2D eigenvalue weighted by Crippen LogP contribution is 2.30. The van der Waals surface area contributed by atoms with Crippen LogP contribution in [0.2, 0.25) is 0 Å². The highest BCUT2D eigenvalue weighted by Gasteiger charge is 2.37. The maximum atomic E-state index is 10.9. The molecule has 14 heavy (non-hydrogen) atoms. The summed E-state index contributed by atoms with van der Waals surface area (Å²) in [7, 11) is 0. The smallest absolute Gasteiger partial charge is 0.302 e. The molecule has 2 aliphatic rings. The van der Waals surface area contributed by atoms with Crippen LogP contribution in [-0.4, -0.2) is 36.1 Å². The Morgan fingerprint density at radius 2 is 2.50 bits per heavy atom. The van der Waals surface area contributed by atoms with Gasteiger partial charge in [0.2, 0.25) is 0 Å². The van der Waals surface area contributed by atoms with Crippen LogP contribution in [0.3, 0.4) is 0 Å². The van der Waals surface area contributed by atoms with Gasteiger partial charge in [0.1, 0.15) is 6.10 Å². The van der Waals surface area contributed by atoms with Crippen molar-refractivity contribution in [3.63, 3.8) is 0 Å². The molecule has 0 aromatic rings. The minimum absolute atomic E-state index is 0.101. The van der Waals surface area contributed by atoms with E-state index in [0.29, 0.717) is 6.04 Å². The Labute approximate surface area is 92.2 Å². The van der Waals surface area contributed by atoms with Crippen molar-refractivity contribution in [3.8, 4) is 0 Å². The van der Waals surface area contributed by atoms with E-state index in [-0.39, 0.29) is 12.1 Å². The number of hydrogen-bond donors (Lipinski definition) is 0. The van der Waals surface area contributed by atoms with Crippen LogP contribution in [0.15, 0.2) is 10.6 Å². The van der Waals surface area contributed by atoms with Crippen molar-refractivity contribution in [2.75, 3.05) is 13.1 Å². The Bertz CT molecular complexity index is 277. The zero-order chi connectivity index (χ0) is 10.1. The van der Waals surface area contributed by atoms with Gasteiger partial charge in [-0.1, -0.05) is 22.0 Å². The lowest BCUT2D eigenvalue weighted by atomic mass is 10.1. The number of rotatable bonds is 1. The monoisotopic (exact) mass is 259 g/mol. The maximum absolute atomic E-state index is 10.9. The fraction of sp³-hybridized carbons (Fsp3) is 0.700. The summed E-state index contributed by atoms with van der Waals surface area (Å²) in [5.74, 6) is -0.162. The average molecular weight is 260 g/mol. The van der Waals surface area contributed by atoms with Gasteiger partial charge in [0.05, 0.1) is 6.04 Å². The number of hydrogen-bond acceptors (Lipinski definition) is 3. The molecule has 0 amide bonds. The van der Waals surface area contributed by atoms with Gasteiger partial charge in [-0.15, -0.1) is 0 Å². The molecule has 0 aromatic carbocycles. The van der Waals surface area contributed by atoms with E-state index in [0.717, 1.165) is 25.9 Å². The lowest BCUT2D eigenvalue weighted by Gasteiger charge is -2.30. The third kappa shape index (κ3) is 2.01. The van der Waals surface area contributed by atoms with Crippen LogP contribution in [0, 0.1) is 0 Å². The molecule has 2 aliphatic heterocycles. The lowest BCUT2D eigenvalue weighted by Crippen LogP contribution is -2.39. The first-order valence-electron chi connectivity index (χ1n) is 4.92. The van der Waals surface area contributed by atoms with Crippen molar-refractivity contribution >= 4 is 21.9 Å². The molecule has 78 valence electrons. The second kappa shape index (κ2) is 4.03. The summed E-state index contributed by atoms with van der Waals surface area (Å²) in [5.41, 5.74) is 0. The third-order valence-electron chi connectivity index (χ3n) is 2.85. The van der Waals surface area contributed by atoms with E-state index < -0.39 is 0 Å². The number of nitrogens with zero attached hydrogens (tertiary/aromatic N) is 1. The van der Waals surface area contributed by atoms with Crippen LogP contribution < -0.4 is 0 Å². The van der Waals surface area contributed by atoms with Crippen LogP contribution >= 0.6 is 15.9 Å². The number of carbonyl (C=O) groups excluding carboxylic acids is 1. The Hall–Kier alpha value is -0.350. The number of ether oxygens (including phenoxy) is 1. The van der Waals surface area contributed by atoms with Crippen molar-refractivity contribution in [2.24, 2.45) is 0 Å². The van der Waals surface area contributed by atoms with E-state index in [2.05, 4.69) is 26.9 Å². The highest BCUT2D eigenvalue weighted by atomic mass is 79.9. The van der Waals surface area contributed by atoms with Crippen LogP contribution in [0.4, 0.5) is 0 Å². The first-order chi connectivity index (χ1) is 6.66. The van der Waals surface area contributed by atoms with Gasteiger partial charge in [-0.25, -0.2) is 0 Å². The standard InChI is InChI=1S/C10H14BrNO2/c1-7(13)14-10-4-5-12-6-8(11)2-3-9(10)12/h2,9-10H,3-6H2,1H3/t9-,10-/m0/s1. The van der Waals surface area contributed by atoms with Crippen LogP contribution in [0.5, 0.6) is 0 Å². The fourth-order valence-electron chi connectivity index (χ4n) is 2.24. The van der Waals surface area contributed by atoms with Gasteiger partial charge in [0.15, 0.2) is 0 Å². The van der Waals surface area contributed by atoms with E-state index in [4.69, 9.17) is 4.74 Å². The predicted molar refractivity (Wildman–Crippen MR) is 57.2 cm³/mol. The Morgan fingerprint density at radius 1 is 1.71 bits per heavy atom. The van der Waals surface area contributed by atoms with Crippen molar-refractivity contribution < 1.29 is 9.53 Å². The molecule has 1 fully saturated rings. The Balaban J connectivity index is 2.01. The summed E-state index contributed by atoms with van der Waals surface area (Å²) < 4.78 is 6.54. The largest absolute Gasteiger partial charge is 0.461 e. The van der Waals surface area contributed by atoms with Crippen molar-refractivity contribution in [3.05, 3.63) is 10.6 Å². The predicted octanol–water partition coefficient (Wildman–Crippen LogP) is 1.67. The second-order valence-electron chi connectivity index (χ2n) is 3.86. The summed E-state index contributed by atoms with van der Waals surface area (Å²) in [6.45, 7) is 3.48. The van der Waals surface area contributed by atoms with Crippen molar-refractivity contribution in [1.82, 2.24) is 4.90 Å². The third-order valence-corrected chi connectivity index (χ3v) is 3.43. The summed E-state index contributed by atoms with van der Waals surface area (Å²) >= 11 is 3.51. The van der Waals surface area contributed by atoms with Crippen molar-refractivity contribution in [1.29, 1.82) is 0 Å². The Kier molecular flexibility index (Phi) is 2.93. The first-order valence-corrected chi connectivity index (χ1v) is 5.72. The molecule has 0 bridgehead atoms. The van der Waals surface area contributed by atoms with Crippen molar-refractivity contribution in [2.45, 2.75) is 31.9 Å². The summed E-state index contributed by atoms with van der Waals surface area (Å²) in [6, 6.07) is 0.403. The molecule has 2 rings (SSSR count). The molecule has 0 saturated carbocycles. The van der Waals surface area contributed by atoms with Gasteiger partial charge in [-0.05, 0) is 12.8 Å². The molecular weight excluding hydrogens is 246 g/mol. The molecule has 0 N–H and O–H groups in total. The molecular formula is C10H14BrNO2. The second-order valence-corrected chi connectivity index (χ2v) is 4.88. The topological polar surface area (TPSA) is 29.5 Å². The van der Waals surface area contributed by atoms with Crippen LogP contribution in [0.1, 0.15) is 19.8 Å². The molecule has 0 spiro atoms. The van der Waals surface area contributed by atoms with Crippen LogP contribution in [-0.2, 0) is 9.53 Å². The summed E-state index contributed by atoms with van der Waals surface area (Å²) in [4.78, 5) is 13.2. The minimum Gasteiger partial charge on any atom is -0.461 e. The molecule has 4 heteroatoms. The molecule has 0 unspecified atom stereocenters. The van der Waals surface area contributed by atoms with Crippen LogP contribution in [0.25, 0.3) is 0 Å². The zero-order valence-electron chi connectivity index (χ0n) is 8.20. The lowest BCUT2D eigenvalue weighted by molar-refractivity contribution is -0.147. The number of fused-ring (bicyclic) bond motifs is 1. The zero-order valence-corrected chi connectivity index (χ0v) is 9.79. The van der Waals surface area contributed by atoms with Gasteiger partial charge in [0, 0.05) is 24.5 Å². The number of carbonyl (C=O) groups is 1. The van der Waals surface area contributed by atoms with Gasteiger partial charge in [-0.3, -0.25) is 9.69 Å². The Morgan fingerprint density at radius 3 is 3.21 bits per heavy atom. The summed E-state index contributed by atoms with van der Waals surface area (Å²) in [5, 5.41) is 0. The molecule has 2 heterocycles. The normalized spacial score (nSPS) is 32.3. The highest BCUT2D eigenvalue weighted by molar-refractivity contribution is 9.11. The molecule has 3 nitrogen and oxygen atoms in total. The minimum atomic E-state index is -0.162. The summed E-state index contributed by atoms with van der Waals surface area (Å²) in [6.07, 6.45) is 4.24. The van der Waals surface area contributed by atoms with E-state index in [1.165, 1.54) is 11.4 Å². The van der Waals surface area contributed by atoms with E-state index in [1.54, 1.807) is 0 Å². The first kappa shape index (κ1) is 10.2. The van der Waals surface area contributed by atoms with Gasteiger partial charge >= 0.3 is 5.97 Å². The average Bonchev–Trinajstić information content (AvgIpc) is 2.47. The molecule has 0 aliphatic carbocycles. The number of halogens is 1. The van der Waals surface area contributed by atoms with Gasteiger partial charge in [-0.2, -0.15) is 0 Å². The van der Waals surface area contributed by atoms with Gasteiger partial charge < -0.3 is 4.74 Å². The fourth-order valence-corrected chi connectivity index (χ4v) is 2.75. The van der Waals surface area contributed by atoms with Gasteiger partial charge in [0.25, 0.3) is 0 Å². The van der Waals surface area contributed by atoms with E-state index in [9.17, 15) is 4.79 Å². The van der Waals surface area contributed by atoms with E-state index >= 15 is 0 Å². The van der Waals surface area contributed by atoms with E-state index in [1.807, 2.05) is 0 Å². The molecule has 2 atom stereocenters. The quantitative estimate of drug-likeness (QED) is 0.672. The maximum Gasteiger partial charge on any atom is 0.302 e. The molecule has 1 saturated heterocycles.